The third kappa shape index (κ3) is 7.36. The molecule has 0 aliphatic carbocycles. The Morgan fingerprint density at radius 3 is 2.31 bits per heavy atom. The van der Waals surface area contributed by atoms with Gasteiger partial charge in [0.2, 0.25) is 0 Å². The van der Waals surface area contributed by atoms with E-state index in [0.717, 1.165) is 35.2 Å². The van der Waals surface area contributed by atoms with Crippen LogP contribution in [0.2, 0.25) is 0 Å². The van der Waals surface area contributed by atoms with Crippen molar-refractivity contribution >= 4 is 16.8 Å². The second-order valence-electron chi connectivity index (χ2n) is 11.0. The minimum absolute atomic E-state index is 0.0128. The maximum absolute atomic E-state index is 11.8. The summed E-state index contributed by atoms with van der Waals surface area (Å²) in [4.78, 5) is 14.1. The van der Waals surface area contributed by atoms with Gasteiger partial charge < -0.3 is 25.2 Å². The van der Waals surface area contributed by atoms with E-state index < -0.39 is 6.29 Å². The van der Waals surface area contributed by atoms with Crippen LogP contribution in [0, 0.1) is 0 Å². The fourth-order valence-corrected chi connectivity index (χ4v) is 5.43. The molecule has 1 aliphatic rings. The maximum Gasteiger partial charge on any atom is 0.315 e. The molecule has 7 nitrogen and oxygen atoms in total. The molecule has 3 N–H and O–H groups in total. The van der Waals surface area contributed by atoms with Gasteiger partial charge in [-0.25, -0.2) is 4.79 Å². The number of likely N-dealkylation sites (N-methyl/N-ethyl adjacent to an activating group) is 1. The summed E-state index contributed by atoms with van der Waals surface area (Å²) < 4.78 is 13.1. The number of carbonyl (C=O) groups excluding carboxylic acids is 1. The summed E-state index contributed by atoms with van der Waals surface area (Å²) in [5.41, 5.74) is 5.15. The van der Waals surface area contributed by atoms with Gasteiger partial charge in [-0.3, -0.25) is 4.90 Å². The fraction of sp³-hybridized carbons (Fsp3) is 0.343. The predicted octanol–water partition coefficient (Wildman–Crippen LogP) is 6.39. The number of rotatable bonds is 10. The van der Waals surface area contributed by atoms with Crippen LogP contribution in [0.1, 0.15) is 66.5 Å². The summed E-state index contributed by atoms with van der Waals surface area (Å²) in [5.74, 6) is 0. The number of aliphatic hydroxyl groups is 1. The van der Waals surface area contributed by atoms with Gasteiger partial charge in [0.05, 0.1) is 18.8 Å². The second-order valence-corrected chi connectivity index (χ2v) is 11.0. The summed E-state index contributed by atoms with van der Waals surface area (Å²) in [6, 6.07) is 31.1. The van der Waals surface area contributed by atoms with Crippen LogP contribution in [0.15, 0.2) is 91.0 Å². The molecule has 4 aromatic carbocycles. The summed E-state index contributed by atoms with van der Waals surface area (Å²) in [7, 11) is 2.15. The van der Waals surface area contributed by atoms with Gasteiger partial charge in [-0.2, -0.15) is 0 Å². The number of carbonyl (C=O) groups is 1. The van der Waals surface area contributed by atoms with Crippen molar-refractivity contribution in [2.75, 3.05) is 20.1 Å². The van der Waals surface area contributed by atoms with Crippen LogP contribution in [0.3, 0.4) is 0 Å². The first-order valence-corrected chi connectivity index (χ1v) is 14.7. The third-order valence-electron chi connectivity index (χ3n) is 8.07. The molecule has 1 heterocycles. The number of hydrogen-bond acceptors (Lipinski definition) is 5. The molecule has 5 rings (SSSR count). The Balaban J connectivity index is 1.31. The number of benzene rings is 4. The first-order chi connectivity index (χ1) is 20.4. The van der Waals surface area contributed by atoms with Crippen molar-refractivity contribution < 1.29 is 19.4 Å². The van der Waals surface area contributed by atoms with Crippen LogP contribution in [0.25, 0.3) is 10.8 Å². The smallest absolute Gasteiger partial charge is 0.315 e. The third-order valence-corrected chi connectivity index (χ3v) is 8.07. The summed E-state index contributed by atoms with van der Waals surface area (Å²) in [5, 5.41) is 17.6. The Morgan fingerprint density at radius 1 is 0.905 bits per heavy atom. The highest BCUT2D eigenvalue weighted by molar-refractivity contribution is 5.83. The standard InChI is InChI=1S/C35H41N3O4/c1-4-36-35(40)37-21-25-9-15-29(16-10-25)34-41-32(20-33(42-34)28-13-11-26(23-39)12-14-28)22-38(3)24(2)30-18-17-27-7-5-6-8-31(27)19-30/h5-19,24,32-34,39H,4,20-23H2,1-3H3,(H2,36,37,40). The van der Waals surface area contributed by atoms with Gasteiger partial charge in [-0.1, -0.05) is 84.9 Å². The molecule has 7 heteroatoms. The number of nitrogens with zero attached hydrogens (tertiary/aromatic N) is 1. The van der Waals surface area contributed by atoms with Crippen molar-refractivity contribution in [3.8, 4) is 0 Å². The first kappa shape index (κ1) is 29.7. The molecule has 1 aliphatic heterocycles. The summed E-state index contributed by atoms with van der Waals surface area (Å²) in [6.45, 7) is 5.91. The highest BCUT2D eigenvalue weighted by Crippen LogP contribution is 2.38. The number of fused-ring (bicyclic) bond motifs is 1. The normalized spacial score (nSPS) is 19.5. The van der Waals surface area contributed by atoms with Crippen LogP contribution in [-0.4, -0.2) is 42.3 Å². The molecule has 4 atom stereocenters. The van der Waals surface area contributed by atoms with E-state index in [0.29, 0.717) is 13.1 Å². The molecule has 2 amide bonds. The van der Waals surface area contributed by atoms with Gasteiger partial charge in [0.1, 0.15) is 0 Å². The SMILES string of the molecule is CCNC(=O)NCc1ccc(C2OC(CN(C)C(C)c3ccc4ccccc4c3)CC(c3ccc(CO)cc3)O2)cc1. The van der Waals surface area contributed by atoms with E-state index >= 15 is 0 Å². The second kappa shape index (κ2) is 13.9. The zero-order valence-electron chi connectivity index (χ0n) is 24.6. The topological polar surface area (TPSA) is 83.1 Å². The highest BCUT2D eigenvalue weighted by atomic mass is 16.7. The van der Waals surface area contributed by atoms with E-state index in [1.54, 1.807) is 0 Å². The zero-order valence-corrected chi connectivity index (χ0v) is 24.6. The quantitative estimate of drug-likeness (QED) is 0.207. The lowest BCUT2D eigenvalue weighted by Gasteiger charge is -2.39. The molecule has 0 aromatic heterocycles. The lowest BCUT2D eigenvalue weighted by atomic mass is 9.98. The largest absolute Gasteiger partial charge is 0.392 e. The average Bonchev–Trinajstić information content (AvgIpc) is 3.03. The number of hydrogen-bond donors (Lipinski definition) is 3. The van der Waals surface area contributed by atoms with Gasteiger partial charge in [0.15, 0.2) is 6.29 Å². The van der Waals surface area contributed by atoms with E-state index in [1.807, 2.05) is 55.5 Å². The number of nitrogens with one attached hydrogen (secondary N) is 2. The first-order valence-electron chi connectivity index (χ1n) is 14.7. The molecule has 4 unspecified atom stereocenters. The number of amides is 2. The minimum atomic E-state index is -0.527. The van der Waals surface area contributed by atoms with Crippen molar-refractivity contribution in [3.05, 3.63) is 119 Å². The summed E-state index contributed by atoms with van der Waals surface area (Å²) in [6.07, 6.45) is -0.0116. The number of urea groups is 1. The molecule has 0 saturated carbocycles. The van der Waals surface area contributed by atoms with Crippen molar-refractivity contribution in [2.24, 2.45) is 0 Å². The molecule has 1 saturated heterocycles. The molecule has 220 valence electrons. The monoisotopic (exact) mass is 567 g/mol. The van der Waals surface area contributed by atoms with Crippen LogP contribution in [0.5, 0.6) is 0 Å². The molecule has 1 fully saturated rings. The van der Waals surface area contributed by atoms with Gasteiger partial charge in [0, 0.05) is 37.7 Å². The Morgan fingerprint density at radius 2 is 1.60 bits per heavy atom. The van der Waals surface area contributed by atoms with E-state index in [4.69, 9.17) is 9.47 Å². The molecule has 0 radical (unpaired) electrons. The zero-order chi connectivity index (χ0) is 29.5. The van der Waals surface area contributed by atoms with Crippen molar-refractivity contribution in [2.45, 2.75) is 58.0 Å². The van der Waals surface area contributed by atoms with Crippen molar-refractivity contribution in [1.82, 2.24) is 15.5 Å². The Hall–Kier alpha value is -3.75. The average molecular weight is 568 g/mol. The molecular weight excluding hydrogens is 526 g/mol. The van der Waals surface area contributed by atoms with Gasteiger partial charge in [-0.15, -0.1) is 0 Å². The van der Waals surface area contributed by atoms with Gasteiger partial charge in [-0.05, 0) is 60.0 Å². The van der Waals surface area contributed by atoms with E-state index in [2.05, 4.69) is 72.0 Å². The Kier molecular flexibility index (Phi) is 9.87. The fourth-order valence-electron chi connectivity index (χ4n) is 5.43. The van der Waals surface area contributed by atoms with Crippen LogP contribution in [0.4, 0.5) is 4.79 Å². The number of aliphatic hydroxyl groups excluding tert-OH is 1. The van der Waals surface area contributed by atoms with E-state index in [1.165, 1.54) is 16.3 Å². The van der Waals surface area contributed by atoms with Crippen LogP contribution >= 0.6 is 0 Å². The highest BCUT2D eigenvalue weighted by Gasteiger charge is 2.33. The van der Waals surface area contributed by atoms with E-state index in [9.17, 15) is 9.90 Å². The Bertz CT molecular complexity index is 1460. The molecule has 4 aromatic rings. The molecule has 0 bridgehead atoms. The molecule has 42 heavy (non-hydrogen) atoms. The minimum Gasteiger partial charge on any atom is -0.392 e. The predicted molar refractivity (Wildman–Crippen MR) is 166 cm³/mol. The van der Waals surface area contributed by atoms with Gasteiger partial charge in [0.25, 0.3) is 0 Å². The van der Waals surface area contributed by atoms with Crippen molar-refractivity contribution in [3.63, 3.8) is 0 Å². The maximum atomic E-state index is 11.8. The van der Waals surface area contributed by atoms with Crippen LogP contribution < -0.4 is 10.6 Å². The lowest BCUT2D eigenvalue weighted by molar-refractivity contribution is -0.253. The molecule has 0 spiro atoms. The Labute approximate surface area is 248 Å². The van der Waals surface area contributed by atoms with Crippen LogP contribution in [-0.2, 0) is 22.6 Å². The molecular formula is C35H41N3O4. The number of ether oxygens (including phenoxy) is 2. The van der Waals surface area contributed by atoms with Gasteiger partial charge >= 0.3 is 6.03 Å². The summed E-state index contributed by atoms with van der Waals surface area (Å²) >= 11 is 0. The lowest BCUT2D eigenvalue weighted by Crippen LogP contribution is -2.38. The van der Waals surface area contributed by atoms with Crippen molar-refractivity contribution in [1.29, 1.82) is 0 Å². The van der Waals surface area contributed by atoms with E-state index in [-0.39, 0.29) is 30.9 Å².